The van der Waals surface area contributed by atoms with Crippen LogP contribution in [0.3, 0.4) is 0 Å². The van der Waals surface area contributed by atoms with Crippen LogP contribution in [0.25, 0.3) is 21.9 Å². The summed E-state index contributed by atoms with van der Waals surface area (Å²) in [5.41, 5.74) is 9.86. The van der Waals surface area contributed by atoms with E-state index in [0.717, 1.165) is 27.6 Å². The smallest absolute Gasteiger partial charge is 0.258 e. The molecule has 0 aliphatic heterocycles. The standard InChI is InChI=1S/C23H18ClN3O/c1-27(20-10-6-18(24)7-11-20)23(28)16-2-3-17-13-26-14-22(21(17)12-16)15-4-8-19(25)9-5-15/h2-14H,25H2,1H3. The van der Waals surface area contributed by atoms with Crippen molar-refractivity contribution in [2.75, 3.05) is 17.7 Å². The molecule has 0 saturated carbocycles. The topological polar surface area (TPSA) is 59.2 Å². The fraction of sp³-hybridized carbons (Fsp3) is 0.0435. The van der Waals surface area contributed by atoms with E-state index in [9.17, 15) is 4.79 Å². The number of halogens is 1. The van der Waals surface area contributed by atoms with Gasteiger partial charge in [0, 0.05) is 52.4 Å². The lowest BCUT2D eigenvalue weighted by atomic mass is 9.98. The van der Waals surface area contributed by atoms with E-state index in [1.54, 1.807) is 30.3 Å². The second kappa shape index (κ2) is 7.33. The minimum atomic E-state index is -0.0932. The summed E-state index contributed by atoms with van der Waals surface area (Å²) in [5, 5.41) is 2.58. The summed E-state index contributed by atoms with van der Waals surface area (Å²) in [7, 11) is 1.75. The van der Waals surface area contributed by atoms with Crippen LogP contribution in [-0.4, -0.2) is 17.9 Å². The molecule has 5 heteroatoms. The first-order chi connectivity index (χ1) is 13.5. The Balaban J connectivity index is 1.76. The summed E-state index contributed by atoms with van der Waals surface area (Å²) in [6, 6.07) is 20.5. The first kappa shape index (κ1) is 18.0. The van der Waals surface area contributed by atoms with Gasteiger partial charge in [-0.3, -0.25) is 9.78 Å². The fourth-order valence-electron chi connectivity index (χ4n) is 3.17. The van der Waals surface area contributed by atoms with Crippen LogP contribution >= 0.6 is 11.6 Å². The normalized spacial score (nSPS) is 10.8. The highest BCUT2D eigenvalue weighted by molar-refractivity contribution is 6.30. The first-order valence-electron chi connectivity index (χ1n) is 8.80. The summed E-state index contributed by atoms with van der Waals surface area (Å²) in [6.07, 6.45) is 3.61. The zero-order chi connectivity index (χ0) is 19.7. The first-order valence-corrected chi connectivity index (χ1v) is 9.18. The molecular weight excluding hydrogens is 370 g/mol. The van der Waals surface area contributed by atoms with Crippen molar-refractivity contribution in [1.29, 1.82) is 0 Å². The van der Waals surface area contributed by atoms with E-state index in [-0.39, 0.29) is 5.91 Å². The van der Waals surface area contributed by atoms with Crippen LogP contribution in [0.15, 0.2) is 79.1 Å². The van der Waals surface area contributed by atoms with Crippen LogP contribution in [0.5, 0.6) is 0 Å². The minimum absolute atomic E-state index is 0.0932. The summed E-state index contributed by atoms with van der Waals surface area (Å²) < 4.78 is 0. The highest BCUT2D eigenvalue weighted by Gasteiger charge is 2.15. The van der Waals surface area contributed by atoms with Gasteiger partial charge in [-0.2, -0.15) is 0 Å². The Morgan fingerprint density at radius 3 is 2.39 bits per heavy atom. The van der Waals surface area contributed by atoms with Crippen molar-refractivity contribution in [1.82, 2.24) is 4.98 Å². The number of fused-ring (bicyclic) bond motifs is 1. The fourth-order valence-corrected chi connectivity index (χ4v) is 3.29. The molecule has 0 unspecified atom stereocenters. The van der Waals surface area contributed by atoms with Gasteiger partial charge in [-0.25, -0.2) is 0 Å². The molecule has 0 bridgehead atoms. The van der Waals surface area contributed by atoms with E-state index < -0.39 is 0 Å². The maximum atomic E-state index is 13.0. The molecule has 1 aromatic heterocycles. The molecule has 4 aromatic rings. The molecule has 28 heavy (non-hydrogen) atoms. The van der Waals surface area contributed by atoms with Crippen molar-refractivity contribution in [2.24, 2.45) is 0 Å². The van der Waals surface area contributed by atoms with Crippen LogP contribution in [0.1, 0.15) is 10.4 Å². The molecule has 0 fully saturated rings. The third kappa shape index (κ3) is 3.42. The lowest BCUT2D eigenvalue weighted by Gasteiger charge is -2.18. The Kier molecular flexibility index (Phi) is 4.72. The van der Waals surface area contributed by atoms with Gasteiger partial charge < -0.3 is 10.6 Å². The second-order valence-corrected chi connectivity index (χ2v) is 7.02. The number of carbonyl (C=O) groups is 1. The molecule has 2 N–H and O–H groups in total. The van der Waals surface area contributed by atoms with Crippen molar-refractivity contribution in [3.05, 3.63) is 89.7 Å². The molecule has 0 spiro atoms. The van der Waals surface area contributed by atoms with Crippen molar-refractivity contribution in [3.8, 4) is 11.1 Å². The van der Waals surface area contributed by atoms with Gasteiger partial charge in [-0.1, -0.05) is 29.8 Å². The van der Waals surface area contributed by atoms with Gasteiger partial charge in [-0.15, -0.1) is 0 Å². The zero-order valence-corrected chi connectivity index (χ0v) is 16.0. The molecule has 1 heterocycles. The van der Waals surface area contributed by atoms with E-state index in [1.165, 1.54) is 0 Å². The highest BCUT2D eigenvalue weighted by Crippen LogP contribution is 2.29. The minimum Gasteiger partial charge on any atom is -0.399 e. The number of aromatic nitrogens is 1. The summed E-state index contributed by atoms with van der Waals surface area (Å²) in [4.78, 5) is 19.0. The second-order valence-electron chi connectivity index (χ2n) is 6.59. The van der Waals surface area contributed by atoms with E-state index >= 15 is 0 Å². The predicted octanol–water partition coefficient (Wildman–Crippen LogP) is 5.41. The van der Waals surface area contributed by atoms with E-state index in [2.05, 4.69) is 4.98 Å². The molecule has 3 aromatic carbocycles. The summed E-state index contributed by atoms with van der Waals surface area (Å²) in [6.45, 7) is 0. The number of nitrogens with two attached hydrogens (primary N) is 1. The van der Waals surface area contributed by atoms with Crippen molar-refractivity contribution in [2.45, 2.75) is 0 Å². The molecule has 1 amide bonds. The Bertz CT molecular complexity index is 1150. The average Bonchev–Trinajstić information content (AvgIpc) is 2.73. The van der Waals surface area contributed by atoms with Gasteiger partial charge in [0.25, 0.3) is 5.91 Å². The number of hydrogen-bond acceptors (Lipinski definition) is 3. The van der Waals surface area contributed by atoms with Gasteiger partial charge in [0.1, 0.15) is 0 Å². The summed E-state index contributed by atoms with van der Waals surface area (Å²) in [5.74, 6) is -0.0932. The van der Waals surface area contributed by atoms with Gasteiger partial charge in [0.15, 0.2) is 0 Å². The number of nitrogen functional groups attached to an aromatic ring is 1. The molecule has 0 atom stereocenters. The number of rotatable bonds is 3. The predicted molar refractivity (Wildman–Crippen MR) is 116 cm³/mol. The Morgan fingerprint density at radius 2 is 1.68 bits per heavy atom. The lowest BCUT2D eigenvalue weighted by Crippen LogP contribution is -2.26. The molecular formula is C23H18ClN3O. The molecule has 0 radical (unpaired) electrons. The van der Waals surface area contributed by atoms with Crippen LogP contribution in [0.4, 0.5) is 11.4 Å². The van der Waals surface area contributed by atoms with Crippen LogP contribution in [0.2, 0.25) is 5.02 Å². The zero-order valence-electron chi connectivity index (χ0n) is 15.3. The third-order valence-electron chi connectivity index (χ3n) is 4.75. The van der Waals surface area contributed by atoms with Gasteiger partial charge >= 0.3 is 0 Å². The van der Waals surface area contributed by atoms with Crippen molar-refractivity contribution < 1.29 is 4.79 Å². The Morgan fingerprint density at radius 1 is 0.964 bits per heavy atom. The average molecular weight is 388 g/mol. The number of anilines is 2. The van der Waals surface area contributed by atoms with E-state index in [1.807, 2.05) is 60.8 Å². The number of benzene rings is 3. The molecule has 4 nitrogen and oxygen atoms in total. The third-order valence-corrected chi connectivity index (χ3v) is 5.00. The molecule has 4 rings (SSSR count). The van der Waals surface area contributed by atoms with Crippen LogP contribution < -0.4 is 10.6 Å². The lowest BCUT2D eigenvalue weighted by molar-refractivity contribution is 0.0993. The van der Waals surface area contributed by atoms with E-state index in [0.29, 0.717) is 16.3 Å². The number of hydrogen-bond donors (Lipinski definition) is 1. The van der Waals surface area contributed by atoms with Gasteiger partial charge in [0.2, 0.25) is 0 Å². The van der Waals surface area contributed by atoms with Crippen LogP contribution in [0, 0.1) is 0 Å². The van der Waals surface area contributed by atoms with Crippen LogP contribution in [-0.2, 0) is 0 Å². The van der Waals surface area contributed by atoms with Crippen molar-refractivity contribution >= 4 is 39.7 Å². The van der Waals surface area contributed by atoms with Crippen molar-refractivity contribution in [3.63, 3.8) is 0 Å². The van der Waals surface area contributed by atoms with Gasteiger partial charge in [-0.05, 0) is 59.5 Å². The quantitative estimate of drug-likeness (QED) is 0.478. The molecule has 0 aliphatic carbocycles. The van der Waals surface area contributed by atoms with E-state index in [4.69, 9.17) is 17.3 Å². The maximum absolute atomic E-state index is 13.0. The molecule has 138 valence electrons. The Hall–Kier alpha value is -3.37. The largest absolute Gasteiger partial charge is 0.399 e. The number of carbonyl (C=O) groups excluding carboxylic acids is 1. The summed E-state index contributed by atoms with van der Waals surface area (Å²) >= 11 is 5.95. The molecule has 0 saturated heterocycles. The highest BCUT2D eigenvalue weighted by atomic mass is 35.5. The Labute approximate surface area is 168 Å². The number of amides is 1. The monoisotopic (exact) mass is 387 g/mol. The maximum Gasteiger partial charge on any atom is 0.258 e. The van der Waals surface area contributed by atoms with Gasteiger partial charge in [0.05, 0.1) is 0 Å². The molecule has 0 aliphatic rings. The number of nitrogens with zero attached hydrogens (tertiary/aromatic N) is 2. The SMILES string of the molecule is CN(C(=O)c1ccc2cncc(-c3ccc(N)cc3)c2c1)c1ccc(Cl)cc1. The number of pyridine rings is 1.